The maximum atomic E-state index is 11.5. The average Bonchev–Trinajstić information content (AvgIpc) is 2.71. The van der Waals surface area contributed by atoms with Gasteiger partial charge in [0, 0.05) is 6.04 Å². The SMILES string of the molecule is CCCCCCCCCCCN(CCCCCCCCCCC)C(CC)C(=O)[O-].[Li+]. The van der Waals surface area contributed by atoms with Crippen LogP contribution in [0.3, 0.4) is 0 Å². The van der Waals surface area contributed by atoms with Crippen molar-refractivity contribution in [3.8, 4) is 0 Å². The molecule has 3 nitrogen and oxygen atoms in total. The van der Waals surface area contributed by atoms with E-state index in [2.05, 4.69) is 18.7 Å². The minimum absolute atomic E-state index is 0. The molecule has 0 aromatic rings. The first kappa shape index (κ1) is 32.2. The first-order valence-corrected chi connectivity index (χ1v) is 13.1. The normalized spacial score (nSPS) is 12.1. The van der Waals surface area contributed by atoms with E-state index in [4.69, 9.17) is 0 Å². The maximum Gasteiger partial charge on any atom is 1.00 e. The Labute approximate surface area is 201 Å². The molecule has 1 atom stereocenters. The molecule has 30 heavy (non-hydrogen) atoms. The summed E-state index contributed by atoms with van der Waals surface area (Å²) in [6, 6.07) is -0.405. The van der Waals surface area contributed by atoms with Gasteiger partial charge in [0.15, 0.2) is 0 Å². The third-order valence-electron chi connectivity index (χ3n) is 6.20. The number of aliphatic carboxylic acids is 1. The van der Waals surface area contributed by atoms with Crippen molar-refractivity contribution in [2.24, 2.45) is 0 Å². The second-order valence-corrected chi connectivity index (χ2v) is 8.94. The predicted molar refractivity (Wildman–Crippen MR) is 125 cm³/mol. The van der Waals surface area contributed by atoms with Crippen LogP contribution >= 0.6 is 0 Å². The molecule has 0 fully saturated rings. The van der Waals surface area contributed by atoms with Crippen molar-refractivity contribution in [2.75, 3.05) is 13.1 Å². The van der Waals surface area contributed by atoms with E-state index in [1.54, 1.807) is 0 Å². The Bertz CT molecular complexity index is 330. The number of carboxylic acid groups (broad SMARTS) is 1. The Morgan fingerprint density at radius 3 is 1.17 bits per heavy atom. The summed E-state index contributed by atoms with van der Waals surface area (Å²) in [7, 11) is 0. The van der Waals surface area contributed by atoms with Crippen LogP contribution in [0.15, 0.2) is 0 Å². The van der Waals surface area contributed by atoms with Gasteiger partial charge in [-0.2, -0.15) is 0 Å². The van der Waals surface area contributed by atoms with Gasteiger partial charge in [0.1, 0.15) is 0 Å². The van der Waals surface area contributed by atoms with E-state index in [0.29, 0.717) is 6.42 Å². The van der Waals surface area contributed by atoms with Gasteiger partial charge in [-0.3, -0.25) is 4.90 Å². The fourth-order valence-corrected chi connectivity index (χ4v) is 4.25. The van der Waals surface area contributed by atoms with Gasteiger partial charge in [-0.05, 0) is 32.4 Å². The van der Waals surface area contributed by atoms with Gasteiger partial charge < -0.3 is 9.90 Å². The Hall–Kier alpha value is 0.0274. The number of hydrogen-bond acceptors (Lipinski definition) is 3. The van der Waals surface area contributed by atoms with Gasteiger partial charge >= 0.3 is 18.9 Å². The number of rotatable bonds is 23. The maximum absolute atomic E-state index is 11.5. The molecule has 0 radical (unpaired) electrons. The van der Waals surface area contributed by atoms with Crippen LogP contribution in [-0.4, -0.2) is 30.0 Å². The zero-order valence-corrected chi connectivity index (χ0v) is 21.2. The molecule has 1 unspecified atom stereocenters. The van der Waals surface area contributed by atoms with Gasteiger partial charge in [0.05, 0.1) is 5.97 Å². The molecule has 0 saturated heterocycles. The number of carboxylic acids is 1. The molecule has 0 saturated carbocycles. The Morgan fingerprint density at radius 1 is 0.600 bits per heavy atom. The molecule has 0 aliphatic heterocycles. The Balaban J connectivity index is 0. The van der Waals surface area contributed by atoms with Crippen molar-refractivity contribution in [1.29, 1.82) is 0 Å². The number of carbonyl (C=O) groups is 1. The second kappa shape index (κ2) is 25.3. The van der Waals surface area contributed by atoms with Gasteiger partial charge in [-0.15, -0.1) is 0 Å². The summed E-state index contributed by atoms with van der Waals surface area (Å²) < 4.78 is 0. The van der Waals surface area contributed by atoms with Crippen LogP contribution < -0.4 is 24.0 Å². The number of carbonyl (C=O) groups excluding carboxylic acids is 1. The summed E-state index contributed by atoms with van der Waals surface area (Å²) in [6.45, 7) is 8.33. The molecule has 0 aromatic heterocycles. The van der Waals surface area contributed by atoms with Crippen molar-refractivity contribution in [2.45, 2.75) is 149 Å². The van der Waals surface area contributed by atoms with E-state index >= 15 is 0 Å². The van der Waals surface area contributed by atoms with Crippen molar-refractivity contribution in [1.82, 2.24) is 4.90 Å². The molecule has 0 bridgehead atoms. The number of unbranched alkanes of at least 4 members (excludes halogenated alkanes) is 16. The Kier molecular flexibility index (Phi) is 27.2. The first-order chi connectivity index (χ1) is 14.2. The first-order valence-electron chi connectivity index (χ1n) is 13.1. The molecule has 0 heterocycles. The summed E-state index contributed by atoms with van der Waals surface area (Å²) in [4.78, 5) is 13.7. The molecule has 174 valence electrons. The van der Waals surface area contributed by atoms with Crippen LogP contribution in [0.1, 0.15) is 143 Å². The molecule has 4 heteroatoms. The van der Waals surface area contributed by atoms with E-state index in [0.717, 1.165) is 25.9 Å². The Morgan fingerprint density at radius 2 is 0.900 bits per heavy atom. The molecular formula is C26H52LiNO2. The van der Waals surface area contributed by atoms with Crippen LogP contribution in [0.5, 0.6) is 0 Å². The quantitative estimate of drug-likeness (QED) is 0.187. The van der Waals surface area contributed by atoms with Gasteiger partial charge in [-0.1, -0.05) is 124 Å². The van der Waals surface area contributed by atoms with Crippen LogP contribution in [-0.2, 0) is 4.79 Å². The second-order valence-electron chi connectivity index (χ2n) is 8.94. The molecule has 0 spiro atoms. The van der Waals surface area contributed by atoms with E-state index in [-0.39, 0.29) is 18.9 Å². The summed E-state index contributed by atoms with van der Waals surface area (Å²) >= 11 is 0. The fourth-order valence-electron chi connectivity index (χ4n) is 4.25. The van der Waals surface area contributed by atoms with E-state index in [9.17, 15) is 9.90 Å². The topological polar surface area (TPSA) is 43.4 Å². The smallest absolute Gasteiger partial charge is 0.548 e. The largest absolute Gasteiger partial charge is 1.00 e. The zero-order valence-electron chi connectivity index (χ0n) is 21.2. The summed E-state index contributed by atoms with van der Waals surface area (Å²) in [5.41, 5.74) is 0. The van der Waals surface area contributed by atoms with Crippen molar-refractivity contribution in [3.05, 3.63) is 0 Å². The fraction of sp³-hybridized carbons (Fsp3) is 0.962. The van der Waals surface area contributed by atoms with E-state index in [1.165, 1.54) is 103 Å². The molecule has 0 rings (SSSR count). The zero-order chi connectivity index (χ0) is 21.6. The summed E-state index contributed by atoms with van der Waals surface area (Å²) in [5, 5.41) is 11.5. The van der Waals surface area contributed by atoms with Crippen LogP contribution in [0, 0.1) is 0 Å². The molecule has 0 aliphatic carbocycles. The van der Waals surface area contributed by atoms with Gasteiger partial charge in [-0.25, -0.2) is 0 Å². The van der Waals surface area contributed by atoms with Crippen molar-refractivity contribution < 1.29 is 28.8 Å². The molecule has 0 aromatic carbocycles. The molecular weight excluding hydrogens is 365 g/mol. The number of hydrogen-bond donors (Lipinski definition) is 0. The predicted octanol–water partition coefficient (Wildman–Crippen LogP) is 3.88. The van der Waals surface area contributed by atoms with Crippen LogP contribution in [0.4, 0.5) is 0 Å². The van der Waals surface area contributed by atoms with Gasteiger partial charge in [0.2, 0.25) is 0 Å². The summed E-state index contributed by atoms with van der Waals surface area (Å²) in [5.74, 6) is -0.889. The standard InChI is InChI=1S/C26H53NO2.Li/c1-4-7-9-11-13-15-17-19-21-23-27(25(6-3)26(28)29)24-22-20-18-16-14-12-10-8-5-2;/h25H,4-24H2,1-3H3,(H,28,29);/q;+1/p-1. The molecule has 0 aliphatic rings. The van der Waals surface area contributed by atoms with Crippen LogP contribution in [0.2, 0.25) is 0 Å². The minimum Gasteiger partial charge on any atom is -0.548 e. The summed E-state index contributed by atoms with van der Waals surface area (Å²) in [6.07, 6.45) is 24.2. The van der Waals surface area contributed by atoms with Crippen molar-refractivity contribution in [3.63, 3.8) is 0 Å². The third kappa shape index (κ3) is 20.0. The minimum atomic E-state index is -0.889. The molecule has 0 amide bonds. The molecule has 0 N–H and O–H groups in total. The average molecular weight is 418 g/mol. The number of nitrogens with zero attached hydrogens (tertiary/aromatic N) is 1. The van der Waals surface area contributed by atoms with Crippen LogP contribution in [0.25, 0.3) is 0 Å². The third-order valence-corrected chi connectivity index (χ3v) is 6.20. The van der Waals surface area contributed by atoms with E-state index in [1.807, 2.05) is 6.92 Å². The monoisotopic (exact) mass is 417 g/mol. The van der Waals surface area contributed by atoms with Crippen molar-refractivity contribution >= 4 is 5.97 Å². The van der Waals surface area contributed by atoms with E-state index < -0.39 is 12.0 Å². The van der Waals surface area contributed by atoms with Gasteiger partial charge in [0.25, 0.3) is 0 Å².